The predicted octanol–water partition coefficient (Wildman–Crippen LogP) is 4.07. The summed E-state index contributed by atoms with van der Waals surface area (Å²) >= 11 is 1.48. The Morgan fingerprint density at radius 2 is 1.50 bits per heavy atom. The molecule has 1 aromatic carbocycles. The van der Waals surface area contributed by atoms with Crippen molar-refractivity contribution in [3.63, 3.8) is 0 Å². The van der Waals surface area contributed by atoms with Crippen LogP contribution in [0.1, 0.15) is 30.9 Å². The molecule has 1 aliphatic rings. The SMILES string of the molecule is CC1=C(C#N)C(c2cc(C#N)c(F)c(I)c2F)C(C#N)=C(C)N1C. The molecule has 24 heavy (non-hydrogen) atoms. The predicted molar refractivity (Wildman–Crippen MR) is 90.9 cm³/mol. The summed E-state index contributed by atoms with van der Waals surface area (Å²) in [6.45, 7) is 3.39. The van der Waals surface area contributed by atoms with Crippen molar-refractivity contribution in [1.29, 1.82) is 15.8 Å². The van der Waals surface area contributed by atoms with E-state index in [1.54, 1.807) is 31.9 Å². The number of benzene rings is 1. The van der Waals surface area contributed by atoms with Crippen LogP contribution in [0.3, 0.4) is 0 Å². The number of hydrogen-bond donors (Lipinski definition) is 0. The maximum atomic E-state index is 14.7. The lowest BCUT2D eigenvalue weighted by Gasteiger charge is -2.33. The molecule has 0 bridgehead atoms. The molecule has 0 saturated heterocycles. The van der Waals surface area contributed by atoms with Crippen molar-refractivity contribution in [3.05, 3.63) is 54.9 Å². The zero-order chi connectivity index (χ0) is 18.2. The van der Waals surface area contributed by atoms with Crippen LogP contribution in [-0.2, 0) is 0 Å². The first-order chi connectivity index (χ1) is 11.3. The quantitative estimate of drug-likeness (QED) is 0.492. The average Bonchev–Trinajstić information content (AvgIpc) is 2.58. The van der Waals surface area contributed by atoms with E-state index in [1.165, 1.54) is 22.6 Å². The van der Waals surface area contributed by atoms with Gasteiger partial charge in [-0.1, -0.05) is 0 Å². The second kappa shape index (κ2) is 6.59. The second-order valence-corrected chi connectivity index (χ2v) is 6.36. The monoisotopic (exact) mass is 436 g/mol. The van der Waals surface area contributed by atoms with Crippen molar-refractivity contribution in [2.24, 2.45) is 0 Å². The average molecular weight is 436 g/mol. The van der Waals surface area contributed by atoms with E-state index in [9.17, 15) is 19.3 Å². The van der Waals surface area contributed by atoms with Gasteiger partial charge >= 0.3 is 0 Å². The number of hydrogen-bond acceptors (Lipinski definition) is 4. The summed E-state index contributed by atoms with van der Waals surface area (Å²) in [7, 11) is 1.71. The van der Waals surface area contributed by atoms with Gasteiger partial charge in [0.2, 0.25) is 0 Å². The molecule has 0 saturated carbocycles. The van der Waals surface area contributed by atoms with Gasteiger partial charge in [0, 0.05) is 24.0 Å². The molecule has 0 atom stereocenters. The molecular formula is C17H11F2IN4. The fourth-order valence-corrected chi connectivity index (χ4v) is 3.29. The largest absolute Gasteiger partial charge is 0.350 e. The van der Waals surface area contributed by atoms with Gasteiger partial charge < -0.3 is 4.90 Å². The summed E-state index contributed by atoms with van der Waals surface area (Å²) < 4.78 is 28.3. The first kappa shape index (κ1) is 17.9. The van der Waals surface area contributed by atoms with E-state index in [0.717, 1.165) is 6.07 Å². The molecule has 0 aliphatic carbocycles. The fourth-order valence-electron chi connectivity index (χ4n) is 2.69. The van der Waals surface area contributed by atoms with Crippen LogP contribution in [0, 0.1) is 49.2 Å². The summed E-state index contributed by atoms with van der Waals surface area (Å²) in [6, 6.07) is 6.81. The molecule has 1 aromatic rings. The summed E-state index contributed by atoms with van der Waals surface area (Å²) in [5, 5.41) is 28.1. The molecule has 0 aromatic heterocycles. The van der Waals surface area contributed by atoms with E-state index in [4.69, 9.17) is 5.26 Å². The Morgan fingerprint density at radius 3 is 1.92 bits per heavy atom. The number of allylic oxidation sites excluding steroid dienone is 4. The van der Waals surface area contributed by atoms with Crippen LogP contribution < -0.4 is 0 Å². The third kappa shape index (κ3) is 2.53. The number of halogens is 3. The topological polar surface area (TPSA) is 74.6 Å². The third-order valence-electron chi connectivity index (χ3n) is 4.21. The summed E-state index contributed by atoms with van der Waals surface area (Å²) in [5.41, 5.74) is 1.19. The molecule has 1 heterocycles. The molecule has 0 unspecified atom stereocenters. The highest BCUT2D eigenvalue weighted by molar-refractivity contribution is 14.1. The molecule has 0 amide bonds. The minimum absolute atomic E-state index is 0.0442. The Bertz CT molecular complexity index is 888. The van der Waals surface area contributed by atoms with E-state index in [2.05, 4.69) is 0 Å². The van der Waals surface area contributed by atoms with Gasteiger partial charge in [0.25, 0.3) is 0 Å². The van der Waals surface area contributed by atoms with E-state index < -0.39 is 17.6 Å². The van der Waals surface area contributed by atoms with Crippen LogP contribution in [0.25, 0.3) is 0 Å². The Morgan fingerprint density at radius 1 is 1.00 bits per heavy atom. The van der Waals surface area contributed by atoms with Crippen molar-refractivity contribution in [2.75, 3.05) is 7.05 Å². The Labute approximate surface area is 152 Å². The second-order valence-electron chi connectivity index (χ2n) is 5.28. The first-order valence-electron chi connectivity index (χ1n) is 6.83. The minimum atomic E-state index is -0.961. The molecule has 0 radical (unpaired) electrons. The lowest BCUT2D eigenvalue weighted by molar-refractivity contribution is 0.484. The fraction of sp³-hybridized carbons (Fsp3) is 0.235. The standard InChI is InChI=1S/C17H11F2IN4/c1-8-12(6-22)14(13(7-23)9(2)24(8)3)11-4-10(5-21)15(18)17(20)16(11)19/h4,14H,1-3H3. The minimum Gasteiger partial charge on any atom is -0.350 e. The highest BCUT2D eigenvalue weighted by Gasteiger charge is 2.35. The smallest absolute Gasteiger partial charge is 0.157 e. The van der Waals surface area contributed by atoms with Gasteiger partial charge in [-0.05, 0) is 42.5 Å². The summed E-state index contributed by atoms with van der Waals surface area (Å²) in [6.07, 6.45) is 0. The first-order valence-corrected chi connectivity index (χ1v) is 7.90. The van der Waals surface area contributed by atoms with Crippen molar-refractivity contribution in [2.45, 2.75) is 19.8 Å². The van der Waals surface area contributed by atoms with Crippen LogP contribution in [0.15, 0.2) is 28.6 Å². The van der Waals surface area contributed by atoms with Gasteiger partial charge in [0.05, 0.1) is 38.3 Å². The van der Waals surface area contributed by atoms with Gasteiger partial charge in [-0.25, -0.2) is 8.78 Å². The number of nitriles is 3. The van der Waals surface area contributed by atoms with Crippen LogP contribution in [-0.4, -0.2) is 11.9 Å². The molecule has 4 nitrogen and oxygen atoms in total. The maximum absolute atomic E-state index is 14.7. The van der Waals surface area contributed by atoms with Crippen molar-refractivity contribution in [1.82, 2.24) is 4.90 Å². The van der Waals surface area contributed by atoms with Crippen molar-refractivity contribution >= 4 is 22.6 Å². The van der Waals surface area contributed by atoms with Gasteiger partial charge in [-0.3, -0.25) is 0 Å². The maximum Gasteiger partial charge on any atom is 0.157 e. The Hall–Kier alpha value is -2.44. The molecule has 2 rings (SSSR count). The molecule has 120 valence electrons. The van der Waals surface area contributed by atoms with Crippen molar-refractivity contribution in [3.8, 4) is 18.2 Å². The van der Waals surface area contributed by atoms with E-state index >= 15 is 0 Å². The number of nitrogens with zero attached hydrogens (tertiary/aromatic N) is 4. The number of rotatable bonds is 1. The van der Waals surface area contributed by atoms with E-state index in [-0.39, 0.29) is 25.8 Å². The zero-order valence-electron chi connectivity index (χ0n) is 13.1. The van der Waals surface area contributed by atoms with E-state index in [1.807, 2.05) is 12.1 Å². The van der Waals surface area contributed by atoms with Crippen LogP contribution in [0.2, 0.25) is 0 Å². The summed E-state index contributed by atoms with van der Waals surface area (Å²) in [4.78, 5) is 1.69. The van der Waals surface area contributed by atoms with Gasteiger partial charge in [0.1, 0.15) is 11.9 Å². The molecule has 0 fully saturated rings. The normalized spacial score (nSPS) is 15.2. The highest BCUT2D eigenvalue weighted by Crippen LogP contribution is 2.42. The van der Waals surface area contributed by atoms with Gasteiger partial charge in [-0.2, -0.15) is 15.8 Å². The Kier molecular flexibility index (Phi) is 4.91. The van der Waals surface area contributed by atoms with E-state index in [0.29, 0.717) is 11.4 Å². The van der Waals surface area contributed by atoms with Gasteiger partial charge in [-0.15, -0.1) is 0 Å². The van der Waals surface area contributed by atoms with Crippen molar-refractivity contribution < 1.29 is 8.78 Å². The highest BCUT2D eigenvalue weighted by atomic mass is 127. The molecule has 0 spiro atoms. The molecule has 0 N–H and O–H groups in total. The molecular weight excluding hydrogens is 425 g/mol. The lowest BCUT2D eigenvalue weighted by atomic mass is 9.80. The van der Waals surface area contributed by atoms with Gasteiger partial charge in [0.15, 0.2) is 5.82 Å². The summed E-state index contributed by atoms with van der Waals surface area (Å²) in [5.74, 6) is -2.76. The van der Waals surface area contributed by atoms with Crippen LogP contribution >= 0.6 is 22.6 Å². The Balaban J connectivity index is 2.89. The molecule has 7 heteroatoms. The zero-order valence-corrected chi connectivity index (χ0v) is 15.2. The van der Waals surface area contributed by atoms with Crippen LogP contribution in [0.4, 0.5) is 8.78 Å². The van der Waals surface area contributed by atoms with Crippen LogP contribution in [0.5, 0.6) is 0 Å². The third-order valence-corrected chi connectivity index (χ3v) is 5.16. The lowest BCUT2D eigenvalue weighted by Crippen LogP contribution is -2.26. The molecule has 1 aliphatic heterocycles.